The first-order valence-corrected chi connectivity index (χ1v) is 12.8. The van der Waals surface area contributed by atoms with Gasteiger partial charge in [-0.1, -0.05) is 24.3 Å². The highest BCUT2D eigenvalue weighted by molar-refractivity contribution is 6.12. The van der Waals surface area contributed by atoms with Crippen LogP contribution in [0.5, 0.6) is 0 Å². The summed E-state index contributed by atoms with van der Waals surface area (Å²) in [5, 5.41) is 12.5. The van der Waals surface area contributed by atoms with Gasteiger partial charge in [-0.15, -0.1) is 0 Å². The maximum absolute atomic E-state index is 5.95. The molecule has 0 aliphatic carbocycles. The van der Waals surface area contributed by atoms with E-state index in [4.69, 9.17) is 10.5 Å². The maximum Gasteiger partial charge on any atom is 0.148 e. The number of nitrogens with two attached hydrogens (primary N) is 1. The van der Waals surface area contributed by atoms with Crippen LogP contribution in [0.2, 0.25) is 0 Å². The van der Waals surface area contributed by atoms with E-state index in [1.54, 1.807) is 12.4 Å². The van der Waals surface area contributed by atoms with Crippen LogP contribution in [-0.2, 0) is 4.74 Å². The normalized spacial score (nSPS) is 24.1. The summed E-state index contributed by atoms with van der Waals surface area (Å²) in [6, 6.07) is 6.31. The molecule has 6 heteroatoms. The Bertz CT molecular complexity index is 994. The first kappa shape index (κ1) is 27.0. The average Bonchev–Trinajstić information content (AvgIpc) is 2.79. The first-order valence-electron chi connectivity index (χ1n) is 12.8. The molecule has 1 atom stereocenters. The summed E-state index contributed by atoms with van der Waals surface area (Å²) in [5.41, 5.74) is 11.1. The molecule has 0 radical (unpaired) electrons. The van der Waals surface area contributed by atoms with Crippen LogP contribution < -0.4 is 11.1 Å². The number of aryl methyl sites for hydroxylation is 1. The fourth-order valence-electron chi connectivity index (χ4n) is 5.41. The molecule has 2 fully saturated rings. The molecule has 0 amide bonds. The number of nitrogens with one attached hydrogen (secondary N) is 1. The van der Waals surface area contributed by atoms with E-state index >= 15 is 0 Å². The molecule has 0 saturated carbocycles. The van der Waals surface area contributed by atoms with E-state index in [0.29, 0.717) is 5.92 Å². The van der Waals surface area contributed by atoms with Gasteiger partial charge in [-0.05, 0) is 96.8 Å². The predicted octanol–water partition coefficient (Wildman–Crippen LogP) is 5.80. The molecule has 1 unspecified atom stereocenters. The van der Waals surface area contributed by atoms with Gasteiger partial charge in [-0.3, -0.25) is 4.99 Å². The van der Waals surface area contributed by atoms with Crippen LogP contribution in [0.1, 0.15) is 83.4 Å². The van der Waals surface area contributed by atoms with Crippen molar-refractivity contribution in [3.8, 4) is 0 Å². The van der Waals surface area contributed by atoms with Crippen LogP contribution in [0.3, 0.4) is 0 Å². The molecule has 3 rings (SSSR count). The Balaban J connectivity index is 1.82. The lowest BCUT2D eigenvalue weighted by Crippen LogP contribution is -2.57. The zero-order valence-corrected chi connectivity index (χ0v) is 22.3. The van der Waals surface area contributed by atoms with E-state index in [2.05, 4.69) is 85.5 Å². The Hall–Kier alpha value is -2.57. The SMILES string of the molecule is C/C=N/N=C(\C=C/C1CC(C)(C)NC(C)(C)C1)c1ccc(C(C=NC2CCCCO2)=CN)cc1C. The van der Waals surface area contributed by atoms with Crippen molar-refractivity contribution >= 4 is 23.7 Å². The van der Waals surface area contributed by atoms with Gasteiger partial charge in [0.15, 0.2) is 0 Å². The number of hydrogen-bond acceptors (Lipinski definition) is 6. The van der Waals surface area contributed by atoms with E-state index in [1.807, 2.05) is 13.1 Å². The minimum absolute atomic E-state index is 0.0696. The molecule has 2 saturated heterocycles. The van der Waals surface area contributed by atoms with Crippen LogP contribution in [-0.4, -0.2) is 42.1 Å². The lowest BCUT2D eigenvalue weighted by atomic mass is 9.75. The second kappa shape index (κ2) is 11.9. The second-order valence-corrected chi connectivity index (χ2v) is 11.0. The Labute approximate surface area is 211 Å². The number of ether oxygens (including phenoxy) is 1. The summed E-state index contributed by atoms with van der Waals surface area (Å²) in [6.45, 7) is 13.9. The smallest absolute Gasteiger partial charge is 0.148 e. The molecule has 6 nitrogen and oxygen atoms in total. The van der Waals surface area contributed by atoms with Gasteiger partial charge in [-0.2, -0.15) is 10.2 Å². The molecule has 35 heavy (non-hydrogen) atoms. The Morgan fingerprint density at radius 3 is 2.49 bits per heavy atom. The number of nitrogens with zero attached hydrogens (tertiary/aromatic N) is 3. The number of benzene rings is 1. The first-order chi connectivity index (χ1) is 16.6. The fourth-order valence-corrected chi connectivity index (χ4v) is 5.41. The molecule has 1 aromatic carbocycles. The number of hydrogen-bond donors (Lipinski definition) is 2. The highest BCUT2D eigenvalue weighted by Crippen LogP contribution is 2.33. The van der Waals surface area contributed by atoms with Crippen molar-refractivity contribution in [3.63, 3.8) is 0 Å². The molecule has 2 aliphatic rings. The Morgan fingerprint density at radius 2 is 1.89 bits per heavy atom. The monoisotopic (exact) mass is 477 g/mol. The van der Waals surface area contributed by atoms with E-state index in [-0.39, 0.29) is 17.3 Å². The van der Waals surface area contributed by atoms with E-state index in [0.717, 1.165) is 66.7 Å². The van der Waals surface area contributed by atoms with Crippen LogP contribution >= 0.6 is 0 Å². The number of piperidine rings is 1. The fraction of sp³-hybridized carbons (Fsp3) is 0.552. The van der Waals surface area contributed by atoms with E-state index < -0.39 is 0 Å². The summed E-state index contributed by atoms with van der Waals surface area (Å²) in [7, 11) is 0. The third kappa shape index (κ3) is 7.97. The summed E-state index contributed by atoms with van der Waals surface area (Å²) in [4.78, 5) is 4.61. The highest BCUT2D eigenvalue weighted by atomic mass is 16.5. The summed E-state index contributed by atoms with van der Waals surface area (Å²) < 4.78 is 5.72. The lowest BCUT2D eigenvalue weighted by Gasteiger charge is -2.45. The number of aliphatic imine (C=N–C) groups is 1. The average molecular weight is 478 g/mol. The maximum atomic E-state index is 5.95. The summed E-state index contributed by atoms with van der Waals surface area (Å²) >= 11 is 0. The zero-order valence-electron chi connectivity index (χ0n) is 22.3. The second-order valence-electron chi connectivity index (χ2n) is 11.0. The molecular weight excluding hydrogens is 434 g/mol. The van der Waals surface area contributed by atoms with Gasteiger partial charge in [0.1, 0.15) is 6.23 Å². The molecular formula is C29H43N5O. The molecule has 3 N–H and O–H groups in total. The molecule has 0 spiro atoms. The Kier molecular flexibility index (Phi) is 9.20. The van der Waals surface area contributed by atoms with E-state index in [1.165, 1.54) is 0 Å². The largest absolute Gasteiger partial charge is 0.404 e. The Morgan fingerprint density at radius 1 is 1.14 bits per heavy atom. The van der Waals surface area contributed by atoms with Gasteiger partial charge in [0.05, 0.1) is 5.71 Å². The molecule has 2 aliphatic heterocycles. The molecule has 1 aromatic rings. The molecule has 0 bridgehead atoms. The highest BCUT2D eigenvalue weighted by Gasteiger charge is 2.36. The molecule has 2 heterocycles. The van der Waals surface area contributed by atoms with Crippen molar-refractivity contribution in [1.29, 1.82) is 0 Å². The van der Waals surface area contributed by atoms with Crippen LogP contribution in [0.25, 0.3) is 5.57 Å². The zero-order chi connectivity index (χ0) is 25.5. The van der Waals surface area contributed by atoms with E-state index in [9.17, 15) is 0 Å². The number of allylic oxidation sites excluding steroid dienone is 3. The van der Waals surface area contributed by atoms with Crippen LogP contribution in [0, 0.1) is 12.8 Å². The van der Waals surface area contributed by atoms with Gasteiger partial charge < -0.3 is 15.8 Å². The van der Waals surface area contributed by atoms with Crippen molar-refractivity contribution in [2.45, 2.75) is 91.0 Å². The van der Waals surface area contributed by atoms with Gasteiger partial charge in [0, 0.05) is 47.5 Å². The van der Waals surface area contributed by atoms with Crippen molar-refractivity contribution in [3.05, 3.63) is 53.2 Å². The van der Waals surface area contributed by atoms with Crippen molar-refractivity contribution in [2.75, 3.05) is 6.61 Å². The van der Waals surface area contributed by atoms with Gasteiger partial charge in [0.2, 0.25) is 0 Å². The van der Waals surface area contributed by atoms with Crippen molar-refractivity contribution < 1.29 is 4.74 Å². The van der Waals surface area contributed by atoms with Gasteiger partial charge in [0.25, 0.3) is 0 Å². The van der Waals surface area contributed by atoms with Crippen LogP contribution in [0.15, 0.2) is 51.7 Å². The minimum Gasteiger partial charge on any atom is -0.404 e. The lowest BCUT2D eigenvalue weighted by molar-refractivity contribution is 0.0227. The third-order valence-corrected chi connectivity index (χ3v) is 6.58. The topological polar surface area (TPSA) is 84.4 Å². The predicted molar refractivity (Wildman–Crippen MR) is 149 cm³/mol. The summed E-state index contributed by atoms with van der Waals surface area (Å²) in [5.74, 6) is 0.474. The van der Waals surface area contributed by atoms with Crippen molar-refractivity contribution in [2.24, 2.45) is 26.8 Å². The summed E-state index contributed by atoms with van der Waals surface area (Å²) in [6.07, 6.45) is 14.9. The quantitative estimate of drug-likeness (QED) is 0.384. The minimum atomic E-state index is -0.0696. The van der Waals surface area contributed by atoms with Crippen molar-refractivity contribution in [1.82, 2.24) is 5.32 Å². The van der Waals surface area contributed by atoms with Gasteiger partial charge in [-0.25, -0.2) is 0 Å². The third-order valence-electron chi connectivity index (χ3n) is 6.58. The number of rotatable bonds is 7. The standard InChI is InChI=1S/C29H43N5O/c1-7-32-33-26(14-11-22-17-28(3,4)34-29(5,6)18-22)25-13-12-23(16-21(25)2)24(19-30)20-31-27-10-8-9-15-35-27/h7,11-14,16,19-20,22,27,34H,8-10,15,17-18,30H2,1-6H3/b14-11-,24-19?,31-20?,32-7+,33-26+. The molecule has 0 aromatic heterocycles. The molecule has 190 valence electrons. The van der Waals surface area contributed by atoms with Gasteiger partial charge >= 0.3 is 0 Å². The van der Waals surface area contributed by atoms with Crippen LogP contribution in [0.4, 0.5) is 0 Å².